The van der Waals surface area contributed by atoms with Gasteiger partial charge in [-0.25, -0.2) is 0 Å². The first kappa shape index (κ1) is 11.4. The molecule has 1 aromatic carbocycles. The molecule has 0 heterocycles. The standard InChI is InChI=1S/C12H15.Y/c1-12(2)9-5-7-10-6-3-4-8-11(10)12;/h3-4,8H,5,7,9H2,1-2H3;/q-1;. The van der Waals surface area contributed by atoms with Crippen LogP contribution in [0.15, 0.2) is 18.2 Å². The van der Waals surface area contributed by atoms with Crippen molar-refractivity contribution in [3.8, 4) is 0 Å². The molecule has 13 heavy (non-hydrogen) atoms. The van der Waals surface area contributed by atoms with Gasteiger partial charge in [0.1, 0.15) is 0 Å². The van der Waals surface area contributed by atoms with E-state index in [0.29, 0.717) is 5.41 Å². The minimum Gasteiger partial charge on any atom is -0.180 e. The third-order valence-electron chi connectivity index (χ3n) is 2.90. The van der Waals surface area contributed by atoms with Gasteiger partial charge in [-0.1, -0.05) is 38.5 Å². The predicted molar refractivity (Wildman–Crippen MR) is 51.2 cm³/mol. The first-order valence-corrected chi connectivity index (χ1v) is 4.70. The van der Waals surface area contributed by atoms with Crippen molar-refractivity contribution < 1.29 is 32.7 Å². The van der Waals surface area contributed by atoms with Crippen LogP contribution in [0.3, 0.4) is 0 Å². The van der Waals surface area contributed by atoms with Crippen LogP contribution in [0.4, 0.5) is 0 Å². The van der Waals surface area contributed by atoms with Crippen LogP contribution < -0.4 is 0 Å². The van der Waals surface area contributed by atoms with Crippen LogP contribution in [0, 0.1) is 6.07 Å². The second-order valence-electron chi connectivity index (χ2n) is 4.30. The predicted octanol–water partition coefficient (Wildman–Crippen LogP) is 3.10. The molecule has 1 aliphatic rings. The van der Waals surface area contributed by atoms with E-state index in [1.165, 1.54) is 30.4 Å². The zero-order chi connectivity index (χ0) is 8.60. The first-order chi connectivity index (χ1) is 5.70. The summed E-state index contributed by atoms with van der Waals surface area (Å²) in [4.78, 5) is 0. The van der Waals surface area contributed by atoms with E-state index in [2.05, 4.69) is 32.0 Å². The molecule has 0 spiro atoms. The molecule has 0 aliphatic heterocycles. The van der Waals surface area contributed by atoms with E-state index in [1.807, 2.05) is 6.07 Å². The van der Waals surface area contributed by atoms with Gasteiger partial charge in [-0.2, -0.15) is 29.8 Å². The van der Waals surface area contributed by atoms with E-state index in [0.717, 1.165) is 0 Å². The Morgan fingerprint density at radius 3 is 2.85 bits per heavy atom. The van der Waals surface area contributed by atoms with Gasteiger partial charge in [0.15, 0.2) is 0 Å². The van der Waals surface area contributed by atoms with Crippen molar-refractivity contribution >= 4 is 0 Å². The molecule has 0 saturated carbocycles. The van der Waals surface area contributed by atoms with Gasteiger partial charge in [0, 0.05) is 32.7 Å². The van der Waals surface area contributed by atoms with E-state index in [1.54, 1.807) is 0 Å². The molecule has 0 fully saturated rings. The van der Waals surface area contributed by atoms with Gasteiger partial charge in [-0.15, -0.1) is 5.56 Å². The van der Waals surface area contributed by atoms with Crippen LogP contribution in [-0.4, -0.2) is 0 Å². The normalized spacial score (nSPS) is 18.6. The Kier molecular flexibility index (Phi) is 3.71. The van der Waals surface area contributed by atoms with Crippen LogP contribution >= 0.6 is 0 Å². The van der Waals surface area contributed by atoms with Gasteiger partial charge in [-0.05, 0) is 0 Å². The van der Waals surface area contributed by atoms with Crippen molar-refractivity contribution in [2.45, 2.75) is 38.5 Å². The van der Waals surface area contributed by atoms with Crippen molar-refractivity contribution in [1.29, 1.82) is 0 Å². The third kappa shape index (κ3) is 2.22. The van der Waals surface area contributed by atoms with Gasteiger partial charge >= 0.3 is 0 Å². The fourth-order valence-electron chi connectivity index (χ4n) is 2.15. The Morgan fingerprint density at radius 2 is 2.15 bits per heavy atom. The zero-order valence-corrected chi connectivity index (χ0v) is 11.3. The van der Waals surface area contributed by atoms with Crippen molar-refractivity contribution in [2.24, 2.45) is 0 Å². The Balaban J connectivity index is 0.000000845. The van der Waals surface area contributed by atoms with Crippen LogP contribution in [0.5, 0.6) is 0 Å². The Labute approximate surface area is 106 Å². The van der Waals surface area contributed by atoms with Gasteiger partial charge in [0.25, 0.3) is 0 Å². The molecule has 0 amide bonds. The maximum absolute atomic E-state index is 3.34. The molecule has 2 rings (SSSR count). The molecule has 0 nitrogen and oxygen atoms in total. The van der Waals surface area contributed by atoms with Gasteiger partial charge < -0.3 is 0 Å². The van der Waals surface area contributed by atoms with E-state index in [9.17, 15) is 0 Å². The monoisotopic (exact) mass is 248 g/mol. The van der Waals surface area contributed by atoms with Crippen molar-refractivity contribution in [2.75, 3.05) is 0 Å². The van der Waals surface area contributed by atoms with Crippen LogP contribution in [0.25, 0.3) is 0 Å². The summed E-state index contributed by atoms with van der Waals surface area (Å²) in [6.07, 6.45) is 3.86. The van der Waals surface area contributed by atoms with Crippen LogP contribution in [0.2, 0.25) is 0 Å². The first-order valence-electron chi connectivity index (χ1n) is 4.70. The molecule has 0 unspecified atom stereocenters. The number of hydrogen-bond acceptors (Lipinski definition) is 0. The Hall–Kier alpha value is 0.324. The molecule has 0 bridgehead atoms. The second kappa shape index (κ2) is 4.23. The molecule has 0 N–H and O–H groups in total. The summed E-state index contributed by atoms with van der Waals surface area (Å²) in [5.74, 6) is 0. The molecule has 67 valence electrons. The van der Waals surface area contributed by atoms with Gasteiger partial charge in [-0.3, -0.25) is 0 Å². The summed E-state index contributed by atoms with van der Waals surface area (Å²) < 4.78 is 0. The Morgan fingerprint density at radius 1 is 1.38 bits per heavy atom. The van der Waals surface area contributed by atoms with Gasteiger partial charge in [0.05, 0.1) is 0 Å². The van der Waals surface area contributed by atoms with Crippen LogP contribution in [0.1, 0.15) is 37.8 Å². The van der Waals surface area contributed by atoms with E-state index in [4.69, 9.17) is 0 Å². The van der Waals surface area contributed by atoms with E-state index in [-0.39, 0.29) is 32.7 Å². The summed E-state index contributed by atoms with van der Waals surface area (Å²) in [5.41, 5.74) is 3.33. The average molecular weight is 248 g/mol. The molecule has 1 heteroatoms. The number of hydrogen-bond donors (Lipinski definition) is 0. The molecule has 1 radical (unpaired) electrons. The fraction of sp³-hybridized carbons (Fsp3) is 0.500. The quantitative estimate of drug-likeness (QED) is 0.619. The van der Waals surface area contributed by atoms with E-state index < -0.39 is 0 Å². The summed E-state index contributed by atoms with van der Waals surface area (Å²) in [6.45, 7) is 4.66. The van der Waals surface area contributed by atoms with Crippen molar-refractivity contribution in [3.05, 3.63) is 35.4 Å². The minimum atomic E-state index is 0. The SMILES string of the molecule is CC1(C)CCCc2[c-]cccc21.[Y]. The maximum atomic E-state index is 3.34. The van der Waals surface area contributed by atoms with Crippen molar-refractivity contribution in [1.82, 2.24) is 0 Å². The topological polar surface area (TPSA) is 0 Å². The summed E-state index contributed by atoms with van der Waals surface area (Å²) >= 11 is 0. The van der Waals surface area contributed by atoms with Crippen molar-refractivity contribution in [3.63, 3.8) is 0 Å². The van der Waals surface area contributed by atoms with Crippen LogP contribution in [-0.2, 0) is 44.5 Å². The third-order valence-corrected chi connectivity index (χ3v) is 2.90. The summed E-state index contributed by atoms with van der Waals surface area (Å²) in [6, 6.07) is 9.73. The molecule has 1 aromatic rings. The number of benzene rings is 1. The number of aryl methyl sites for hydroxylation is 1. The minimum absolute atomic E-state index is 0. The smallest absolute Gasteiger partial charge is 0 e. The summed E-state index contributed by atoms with van der Waals surface area (Å²) in [5, 5.41) is 0. The van der Waals surface area contributed by atoms with Gasteiger partial charge in [0.2, 0.25) is 0 Å². The number of rotatable bonds is 0. The average Bonchev–Trinajstić information content (AvgIpc) is 2.04. The molecule has 0 atom stereocenters. The van der Waals surface area contributed by atoms with E-state index >= 15 is 0 Å². The molecule has 1 aliphatic carbocycles. The number of fused-ring (bicyclic) bond motifs is 1. The zero-order valence-electron chi connectivity index (χ0n) is 8.43. The largest absolute Gasteiger partial charge is 0.180 e. The summed E-state index contributed by atoms with van der Waals surface area (Å²) in [7, 11) is 0. The molecular formula is C12H15Y-. The Bertz CT molecular complexity index is 289. The molecule has 0 saturated heterocycles. The molecule has 0 aromatic heterocycles. The second-order valence-corrected chi connectivity index (χ2v) is 4.30. The molecular weight excluding hydrogens is 233 g/mol. The maximum Gasteiger partial charge on any atom is 0 e. The fourth-order valence-corrected chi connectivity index (χ4v) is 2.15.